The topological polar surface area (TPSA) is 35.5 Å². The van der Waals surface area contributed by atoms with Gasteiger partial charge in [0.25, 0.3) is 5.05 Å². The van der Waals surface area contributed by atoms with Crippen molar-refractivity contribution in [2.24, 2.45) is 0 Å². The van der Waals surface area contributed by atoms with Gasteiger partial charge in [0, 0.05) is 0 Å². The summed E-state index contributed by atoms with van der Waals surface area (Å²) in [5.74, 6) is -0.114. The minimum absolute atomic E-state index is 0.186. The van der Waals surface area contributed by atoms with E-state index >= 15 is 0 Å². The molecule has 0 N–H and O–H groups in total. The fraction of sp³-hybridized carbons (Fsp3) is 0.111. The maximum atomic E-state index is 10.8. The maximum Gasteiger partial charge on any atom is 0.385 e. The fourth-order valence-electron chi connectivity index (χ4n) is 0.721. The lowest BCUT2D eigenvalue weighted by atomic mass is 10.3. The number of para-hydroxylation sites is 1. The Morgan fingerprint density at radius 1 is 1.31 bits per heavy atom. The van der Waals surface area contributed by atoms with Crippen molar-refractivity contribution in [2.45, 2.75) is 0 Å². The molecule has 4 heteroatoms. The first kappa shape index (κ1) is 9.67. The second-order valence-electron chi connectivity index (χ2n) is 2.19. The Hall–Kier alpha value is -1.42. The number of benzene rings is 1. The SMILES string of the molecule is COC(=O)C(=S)Oc1ccccc1. The molecule has 0 saturated heterocycles. The van der Waals surface area contributed by atoms with Crippen LogP contribution in [0.2, 0.25) is 0 Å². The third-order valence-electron chi connectivity index (χ3n) is 1.31. The van der Waals surface area contributed by atoms with Crippen LogP contribution in [0.25, 0.3) is 0 Å². The zero-order valence-corrected chi connectivity index (χ0v) is 7.84. The summed E-state index contributed by atoms with van der Waals surface area (Å²) in [6, 6.07) is 8.82. The molecule has 0 spiro atoms. The summed E-state index contributed by atoms with van der Waals surface area (Å²) in [5.41, 5.74) is 0. The molecule has 13 heavy (non-hydrogen) atoms. The van der Waals surface area contributed by atoms with Gasteiger partial charge in [0.05, 0.1) is 7.11 Å². The van der Waals surface area contributed by atoms with Gasteiger partial charge in [0.15, 0.2) is 0 Å². The Morgan fingerprint density at radius 2 is 1.92 bits per heavy atom. The highest BCUT2D eigenvalue weighted by molar-refractivity contribution is 7.81. The lowest BCUT2D eigenvalue weighted by Gasteiger charge is -2.03. The predicted octanol–water partition coefficient (Wildman–Crippen LogP) is 1.57. The van der Waals surface area contributed by atoms with Gasteiger partial charge in [0.1, 0.15) is 5.75 Å². The molecular weight excluding hydrogens is 188 g/mol. The third-order valence-corrected chi connectivity index (χ3v) is 1.56. The van der Waals surface area contributed by atoms with Crippen LogP contribution in [-0.4, -0.2) is 18.1 Å². The van der Waals surface area contributed by atoms with E-state index in [-0.39, 0.29) is 5.05 Å². The van der Waals surface area contributed by atoms with E-state index in [4.69, 9.17) is 4.74 Å². The average Bonchev–Trinajstić information content (AvgIpc) is 2.18. The summed E-state index contributed by atoms with van der Waals surface area (Å²) in [5, 5.41) is -0.186. The van der Waals surface area contributed by atoms with E-state index in [0.717, 1.165) is 0 Å². The first-order chi connectivity index (χ1) is 6.24. The number of hydrogen-bond donors (Lipinski definition) is 0. The number of thiocarbonyl (C=S) groups is 1. The Morgan fingerprint density at radius 3 is 2.46 bits per heavy atom. The van der Waals surface area contributed by atoms with Crippen molar-refractivity contribution >= 4 is 23.2 Å². The highest BCUT2D eigenvalue weighted by Crippen LogP contribution is 2.09. The van der Waals surface area contributed by atoms with Crippen LogP contribution in [0.3, 0.4) is 0 Å². The Kier molecular flexibility index (Phi) is 3.40. The van der Waals surface area contributed by atoms with Gasteiger partial charge in [-0.25, -0.2) is 4.79 Å². The van der Waals surface area contributed by atoms with Gasteiger partial charge in [-0.15, -0.1) is 0 Å². The minimum Gasteiger partial charge on any atom is -0.463 e. The number of rotatable bonds is 1. The second-order valence-corrected chi connectivity index (χ2v) is 2.56. The molecule has 1 aromatic carbocycles. The normalized spacial score (nSPS) is 9.00. The van der Waals surface area contributed by atoms with Crippen molar-refractivity contribution in [3.63, 3.8) is 0 Å². The maximum absolute atomic E-state index is 10.8. The number of carbonyl (C=O) groups excluding carboxylic acids is 1. The molecule has 3 nitrogen and oxygen atoms in total. The van der Waals surface area contributed by atoms with Crippen LogP contribution in [0.4, 0.5) is 0 Å². The monoisotopic (exact) mass is 196 g/mol. The van der Waals surface area contributed by atoms with Gasteiger partial charge >= 0.3 is 5.97 Å². The molecular formula is C9H8O3S. The lowest BCUT2D eigenvalue weighted by Crippen LogP contribution is -2.19. The highest BCUT2D eigenvalue weighted by Gasteiger charge is 2.10. The highest BCUT2D eigenvalue weighted by atomic mass is 32.1. The van der Waals surface area contributed by atoms with E-state index in [1.807, 2.05) is 6.07 Å². The Balaban J connectivity index is 2.60. The van der Waals surface area contributed by atoms with E-state index in [1.54, 1.807) is 24.3 Å². The molecule has 0 aromatic heterocycles. The molecule has 0 aliphatic rings. The van der Waals surface area contributed by atoms with Crippen molar-refractivity contribution in [3.05, 3.63) is 30.3 Å². The molecule has 0 unspecified atom stereocenters. The van der Waals surface area contributed by atoms with Crippen LogP contribution >= 0.6 is 12.2 Å². The van der Waals surface area contributed by atoms with Crippen molar-refractivity contribution in [1.29, 1.82) is 0 Å². The largest absolute Gasteiger partial charge is 0.463 e. The van der Waals surface area contributed by atoms with Crippen LogP contribution in [-0.2, 0) is 9.53 Å². The number of esters is 1. The summed E-state index contributed by atoms with van der Waals surface area (Å²) < 4.78 is 9.40. The van der Waals surface area contributed by atoms with E-state index < -0.39 is 5.97 Å². The zero-order valence-electron chi connectivity index (χ0n) is 7.02. The molecule has 68 valence electrons. The van der Waals surface area contributed by atoms with Crippen LogP contribution < -0.4 is 4.74 Å². The van der Waals surface area contributed by atoms with Gasteiger partial charge in [-0.1, -0.05) is 18.2 Å². The molecule has 0 atom stereocenters. The van der Waals surface area contributed by atoms with Gasteiger partial charge in [-0.05, 0) is 24.4 Å². The van der Waals surface area contributed by atoms with E-state index in [9.17, 15) is 4.79 Å². The third kappa shape index (κ3) is 2.83. The quantitative estimate of drug-likeness (QED) is 0.504. The molecule has 1 aromatic rings. The molecule has 0 saturated carbocycles. The van der Waals surface area contributed by atoms with Gasteiger partial charge < -0.3 is 9.47 Å². The molecule has 0 bridgehead atoms. The molecule has 0 heterocycles. The minimum atomic E-state index is -0.640. The second kappa shape index (κ2) is 4.57. The smallest absolute Gasteiger partial charge is 0.385 e. The standard InChI is InChI=1S/C9H8O3S/c1-11-8(10)9(13)12-7-5-3-2-4-6-7/h2-6H,1H3. The average molecular weight is 196 g/mol. The summed E-state index contributed by atoms with van der Waals surface area (Å²) >= 11 is 4.66. The zero-order chi connectivity index (χ0) is 9.68. The fourth-order valence-corrected chi connectivity index (χ4v) is 0.900. The van der Waals surface area contributed by atoms with Crippen LogP contribution in [0.1, 0.15) is 0 Å². The van der Waals surface area contributed by atoms with E-state index in [1.165, 1.54) is 7.11 Å². The molecule has 0 aliphatic heterocycles. The van der Waals surface area contributed by atoms with Crippen LogP contribution in [0, 0.1) is 0 Å². The molecule has 0 aliphatic carbocycles. The van der Waals surface area contributed by atoms with Gasteiger partial charge in [0.2, 0.25) is 0 Å². The van der Waals surface area contributed by atoms with Crippen molar-refractivity contribution < 1.29 is 14.3 Å². The molecule has 0 fully saturated rings. The van der Waals surface area contributed by atoms with Crippen molar-refractivity contribution in [2.75, 3.05) is 7.11 Å². The number of hydrogen-bond acceptors (Lipinski definition) is 4. The molecule has 1 rings (SSSR count). The first-order valence-corrected chi connectivity index (χ1v) is 4.00. The lowest BCUT2D eigenvalue weighted by molar-refractivity contribution is -0.133. The molecule has 0 amide bonds. The first-order valence-electron chi connectivity index (χ1n) is 3.59. The number of carbonyl (C=O) groups is 1. The summed E-state index contributed by atoms with van der Waals surface area (Å²) in [7, 11) is 1.25. The van der Waals surface area contributed by atoms with E-state index in [2.05, 4.69) is 17.0 Å². The molecule has 0 radical (unpaired) electrons. The summed E-state index contributed by atoms with van der Waals surface area (Å²) in [6.07, 6.45) is 0. The van der Waals surface area contributed by atoms with E-state index in [0.29, 0.717) is 5.75 Å². The summed E-state index contributed by atoms with van der Waals surface area (Å²) in [4.78, 5) is 10.8. The summed E-state index contributed by atoms with van der Waals surface area (Å²) in [6.45, 7) is 0. The van der Waals surface area contributed by atoms with Crippen molar-refractivity contribution in [1.82, 2.24) is 0 Å². The number of methoxy groups -OCH3 is 1. The Bertz CT molecular complexity index is 308. The van der Waals surface area contributed by atoms with Crippen LogP contribution in [0.5, 0.6) is 5.75 Å². The van der Waals surface area contributed by atoms with Gasteiger partial charge in [-0.2, -0.15) is 0 Å². The van der Waals surface area contributed by atoms with Crippen molar-refractivity contribution in [3.8, 4) is 5.75 Å². The predicted molar refractivity (Wildman–Crippen MR) is 51.7 cm³/mol. The van der Waals surface area contributed by atoms with Crippen LogP contribution in [0.15, 0.2) is 30.3 Å². The number of ether oxygens (including phenoxy) is 2. The van der Waals surface area contributed by atoms with Gasteiger partial charge in [-0.3, -0.25) is 0 Å². The Labute approximate surface area is 81.3 Å².